The maximum absolute atomic E-state index is 14.5. The Hall–Kier alpha value is -2.90. The predicted molar refractivity (Wildman–Crippen MR) is 150 cm³/mol. The number of imide groups is 1. The van der Waals surface area contributed by atoms with Crippen molar-refractivity contribution >= 4 is 23.4 Å². The van der Waals surface area contributed by atoms with E-state index >= 15 is 0 Å². The van der Waals surface area contributed by atoms with Gasteiger partial charge in [0.15, 0.2) is 0 Å². The summed E-state index contributed by atoms with van der Waals surface area (Å²) in [7, 11) is 0. The van der Waals surface area contributed by atoms with Gasteiger partial charge in [0.2, 0.25) is 11.8 Å². The van der Waals surface area contributed by atoms with Crippen molar-refractivity contribution in [3.63, 3.8) is 0 Å². The van der Waals surface area contributed by atoms with Crippen molar-refractivity contribution < 1.29 is 23.8 Å². The third-order valence-electron chi connectivity index (χ3n) is 7.78. The number of aliphatic hydroxyl groups excluding tert-OH is 1. The van der Waals surface area contributed by atoms with Gasteiger partial charge in [-0.15, -0.1) is 0 Å². The zero-order chi connectivity index (χ0) is 27.9. The van der Waals surface area contributed by atoms with Gasteiger partial charge in [-0.3, -0.25) is 19.4 Å². The molecule has 210 valence electrons. The SMILES string of the molecule is C=C(O)CC(c1ccc(Cl)c(F)c1)N(Cc1ccc(OCCN2C(=O)CCC2=O)c(CC)c1)CC1CCCC1. The summed E-state index contributed by atoms with van der Waals surface area (Å²) in [5.74, 6) is 0.578. The molecular formula is C31H38ClFN2O4. The van der Waals surface area contributed by atoms with E-state index in [1.807, 2.05) is 18.2 Å². The zero-order valence-corrected chi connectivity index (χ0v) is 23.4. The Balaban J connectivity index is 1.53. The number of rotatable bonds is 13. The molecule has 2 aromatic rings. The van der Waals surface area contributed by atoms with Crippen molar-refractivity contribution in [3.05, 3.63) is 76.3 Å². The molecule has 1 aliphatic carbocycles. The van der Waals surface area contributed by atoms with Crippen molar-refractivity contribution in [2.24, 2.45) is 5.92 Å². The second-order valence-corrected chi connectivity index (χ2v) is 11.0. The Labute approximate surface area is 235 Å². The normalized spacial score (nSPS) is 16.9. The van der Waals surface area contributed by atoms with E-state index in [1.165, 1.54) is 23.8 Å². The lowest BCUT2D eigenvalue weighted by atomic mass is 9.97. The third kappa shape index (κ3) is 7.61. The lowest BCUT2D eigenvalue weighted by molar-refractivity contribution is -0.138. The number of nitrogens with zero attached hydrogens (tertiary/aromatic N) is 2. The Morgan fingerprint density at radius 3 is 2.54 bits per heavy atom. The molecule has 2 amide bonds. The predicted octanol–water partition coefficient (Wildman–Crippen LogP) is 6.76. The fourth-order valence-corrected chi connectivity index (χ4v) is 5.85. The number of benzene rings is 2. The van der Waals surface area contributed by atoms with Gasteiger partial charge in [-0.25, -0.2) is 4.39 Å². The van der Waals surface area contributed by atoms with Crippen molar-refractivity contribution in [2.45, 2.75) is 70.9 Å². The van der Waals surface area contributed by atoms with Gasteiger partial charge < -0.3 is 9.84 Å². The maximum atomic E-state index is 14.5. The molecule has 1 heterocycles. The first-order valence-corrected chi connectivity index (χ1v) is 14.3. The van der Waals surface area contributed by atoms with Gasteiger partial charge in [0.25, 0.3) is 0 Å². The summed E-state index contributed by atoms with van der Waals surface area (Å²) in [6, 6.07) is 10.7. The van der Waals surface area contributed by atoms with Crippen LogP contribution in [-0.4, -0.2) is 46.4 Å². The highest BCUT2D eigenvalue weighted by atomic mass is 35.5. The number of ether oxygens (including phenoxy) is 1. The number of halogens is 2. The highest BCUT2D eigenvalue weighted by Gasteiger charge is 2.29. The summed E-state index contributed by atoms with van der Waals surface area (Å²) in [6.45, 7) is 7.74. The highest BCUT2D eigenvalue weighted by Crippen LogP contribution is 2.35. The molecule has 1 atom stereocenters. The quantitative estimate of drug-likeness (QED) is 0.218. The van der Waals surface area contributed by atoms with Crippen LogP contribution in [0.1, 0.15) is 74.6 Å². The van der Waals surface area contributed by atoms with Crippen LogP contribution < -0.4 is 4.74 Å². The van der Waals surface area contributed by atoms with Crippen molar-refractivity contribution in [3.8, 4) is 5.75 Å². The van der Waals surface area contributed by atoms with Crippen LogP contribution in [-0.2, 0) is 22.6 Å². The van der Waals surface area contributed by atoms with Gasteiger partial charge in [-0.05, 0) is 60.1 Å². The van der Waals surface area contributed by atoms with Crippen LogP contribution in [0.3, 0.4) is 0 Å². The first-order chi connectivity index (χ1) is 18.7. The number of aryl methyl sites for hydroxylation is 1. The minimum absolute atomic E-state index is 0.0553. The molecule has 8 heteroatoms. The minimum atomic E-state index is -0.476. The third-order valence-corrected chi connectivity index (χ3v) is 8.09. The van der Waals surface area contributed by atoms with E-state index in [4.69, 9.17) is 16.3 Å². The second-order valence-electron chi connectivity index (χ2n) is 10.6. The summed E-state index contributed by atoms with van der Waals surface area (Å²) in [4.78, 5) is 27.3. The Bertz CT molecular complexity index is 1180. The number of carbonyl (C=O) groups is 2. The molecule has 2 aliphatic rings. The molecule has 0 bridgehead atoms. The molecule has 4 rings (SSSR count). The summed E-state index contributed by atoms with van der Waals surface area (Å²) < 4.78 is 20.5. The molecule has 0 spiro atoms. The standard InChI is InChI=1S/C31H38ClFN2O4/c1-3-24-17-23(8-11-29(24)39-15-14-35-30(37)12-13-31(35)38)20-34(19-22-6-4-5-7-22)28(16-21(2)36)25-9-10-26(32)27(33)18-25/h8-11,17-18,22,28,36H,2-7,12-16,19-20H2,1H3. The first-order valence-electron chi connectivity index (χ1n) is 13.9. The van der Waals surface area contributed by atoms with E-state index in [2.05, 4.69) is 24.5 Å². The summed E-state index contributed by atoms with van der Waals surface area (Å²) in [5, 5.41) is 10.3. The first kappa shape index (κ1) is 29.1. The average molecular weight is 557 g/mol. The second kappa shape index (κ2) is 13.4. The topological polar surface area (TPSA) is 70.1 Å². The zero-order valence-electron chi connectivity index (χ0n) is 22.6. The molecule has 0 aromatic heterocycles. The Morgan fingerprint density at radius 1 is 1.18 bits per heavy atom. The molecule has 39 heavy (non-hydrogen) atoms. The monoisotopic (exact) mass is 556 g/mol. The average Bonchev–Trinajstić information content (AvgIpc) is 3.54. The van der Waals surface area contributed by atoms with Gasteiger partial charge in [-0.1, -0.05) is 56.1 Å². The van der Waals surface area contributed by atoms with Crippen LogP contribution in [0.15, 0.2) is 48.7 Å². The summed E-state index contributed by atoms with van der Waals surface area (Å²) in [6.07, 6.45) is 6.35. The van der Waals surface area contributed by atoms with E-state index in [1.54, 1.807) is 6.07 Å². The lowest BCUT2D eigenvalue weighted by Crippen LogP contribution is -2.33. The summed E-state index contributed by atoms with van der Waals surface area (Å²) >= 11 is 5.97. The molecule has 1 saturated carbocycles. The number of hydrogen-bond acceptors (Lipinski definition) is 5. The summed E-state index contributed by atoms with van der Waals surface area (Å²) in [5.41, 5.74) is 2.88. The smallest absolute Gasteiger partial charge is 0.229 e. The van der Waals surface area contributed by atoms with E-state index in [9.17, 15) is 19.1 Å². The molecular weight excluding hydrogens is 519 g/mol. The molecule has 1 N–H and O–H groups in total. The molecule has 0 radical (unpaired) electrons. The van der Waals surface area contributed by atoms with Crippen molar-refractivity contribution in [2.75, 3.05) is 19.7 Å². The molecule has 2 aromatic carbocycles. The number of amides is 2. The van der Waals surface area contributed by atoms with Gasteiger partial charge in [0.1, 0.15) is 18.2 Å². The van der Waals surface area contributed by atoms with Crippen LogP contribution in [0.4, 0.5) is 4.39 Å². The number of aliphatic hydroxyl groups is 1. The maximum Gasteiger partial charge on any atom is 0.229 e. The van der Waals surface area contributed by atoms with E-state index in [-0.39, 0.29) is 54.6 Å². The van der Waals surface area contributed by atoms with Crippen LogP contribution >= 0.6 is 11.6 Å². The van der Waals surface area contributed by atoms with Gasteiger partial charge in [0, 0.05) is 38.4 Å². The van der Waals surface area contributed by atoms with E-state index in [0.29, 0.717) is 18.9 Å². The number of carbonyl (C=O) groups excluding carboxylic acids is 2. The highest BCUT2D eigenvalue weighted by molar-refractivity contribution is 6.30. The number of likely N-dealkylation sites (tertiary alicyclic amines) is 1. The fraction of sp³-hybridized carbons (Fsp3) is 0.484. The Morgan fingerprint density at radius 2 is 1.90 bits per heavy atom. The molecule has 1 aliphatic heterocycles. The van der Waals surface area contributed by atoms with E-state index < -0.39 is 5.82 Å². The fourth-order valence-electron chi connectivity index (χ4n) is 5.73. The van der Waals surface area contributed by atoms with Crippen LogP contribution in [0.2, 0.25) is 5.02 Å². The van der Waals surface area contributed by atoms with Crippen LogP contribution in [0.5, 0.6) is 5.75 Å². The number of hydrogen-bond donors (Lipinski definition) is 1. The van der Waals surface area contributed by atoms with Gasteiger partial charge in [-0.2, -0.15) is 0 Å². The van der Waals surface area contributed by atoms with E-state index in [0.717, 1.165) is 48.2 Å². The lowest BCUT2D eigenvalue weighted by Gasteiger charge is -2.34. The Kier molecular flexibility index (Phi) is 10.0. The molecule has 1 saturated heterocycles. The van der Waals surface area contributed by atoms with Crippen LogP contribution in [0, 0.1) is 11.7 Å². The van der Waals surface area contributed by atoms with Crippen LogP contribution in [0.25, 0.3) is 0 Å². The minimum Gasteiger partial charge on any atom is -0.513 e. The van der Waals surface area contributed by atoms with Crippen molar-refractivity contribution in [1.29, 1.82) is 0 Å². The van der Waals surface area contributed by atoms with Crippen molar-refractivity contribution in [1.82, 2.24) is 9.80 Å². The molecule has 1 unspecified atom stereocenters. The van der Waals surface area contributed by atoms with Gasteiger partial charge >= 0.3 is 0 Å². The van der Waals surface area contributed by atoms with Gasteiger partial charge in [0.05, 0.1) is 17.3 Å². The molecule has 2 fully saturated rings. The molecule has 6 nitrogen and oxygen atoms in total. The largest absolute Gasteiger partial charge is 0.513 e.